The van der Waals surface area contributed by atoms with Gasteiger partial charge in [-0.15, -0.1) is 0 Å². The fourth-order valence-corrected chi connectivity index (χ4v) is 11.6. The van der Waals surface area contributed by atoms with Crippen LogP contribution in [0, 0.1) is 35.5 Å². The molecule has 0 amide bonds. The number of hydrogen-bond donors (Lipinski definition) is 0. The zero-order valence-electron chi connectivity index (χ0n) is 19.9. The molecular weight excluding hydrogens is 464 g/mol. The van der Waals surface area contributed by atoms with Gasteiger partial charge < -0.3 is 0 Å². The number of halogens is 1. The van der Waals surface area contributed by atoms with E-state index in [9.17, 15) is 0 Å². The van der Waals surface area contributed by atoms with Crippen molar-refractivity contribution < 1.29 is 0 Å². The fraction of sp³-hybridized carbons (Fsp3) is 0.625. The van der Waals surface area contributed by atoms with Crippen LogP contribution in [-0.4, -0.2) is 0 Å². The monoisotopic (exact) mass is 500 g/mol. The summed E-state index contributed by atoms with van der Waals surface area (Å²) in [6, 6.07) is 17.3. The van der Waals surface area contributed by atoms with Crippen molar-refractivity contribution in [3.05, 3.63) is 58.1 Å². The van der Waals surface area contributed by atoms with E-state index >= 15 is 0 Å². The Balaban J connectivity index is 1.09. The number of rotatable bonds is 3. The van der Waals surface area contributed by atoms with E-state index in [1.807, 2.05) is 0 Å². The van der Waals surface area contributed by atoms with Crippen molar-refractivity contribution in [3.8, 4) is 11.1 Å². The van der Waals surface area contributed by atoms with Gasteiger partial charge in [0.1, 0.15) is 0 Å². The first kappa shape index (κ1) is 20.1. The van der Waals surface area contributed by atoms with Crippen molar-refractivity contribution in [2.45, 2.75) is 87.9 Å². The zero-order valence-corrected chi connectivity index (χ0v) is 21.5. The minimum atomic E-state index is 0.484. The maximum Gasteiger partial charge on any atom is 0.0256 e. The molecule has 1 heteroatoms. The lowest BCUT2D eigenvalue weighted by atomic mass is 9.48. The van der Waals surface area contributed by atoms with Gasteiger partial charge in [0.25, 0.3) is 0 Å². The molecule has 0 heterocycles. The van der Waals surface area contributed by atoms with Gasteiger partial charge in [0, 0.05) is 4.47 Å². The summed E-state index contributed by atoms with van der Waals surface area (Å²) in [5.41, 5.74) is 7.02. The molecule has 8 aliphatic rings. The van der Waals surface area contributed by atoms with E-state index in [1.54, 1.807) is 11.1 Å². The molecule has 0 saturated heterocycles. The topological polar surface area (TPSA) is 0 Å². The van der Waals surface area contributed by atoms with Crippen molar-refractivity contribution in [1.82, 2.24) is 0 Å². The molecule has 8 fully saturated rings. The molecule has 0 aliphatic heterocycles. The molecule has 8 aliphatic carbocycles. The van der Waals surface area contributed by atoms with E-state index in [2.05, 4.69) is 58.4 Å². The Labute approximate surface area is 208 Å². The van der Waals surface area contributed by atoms with Gasteiger partial charge in [0.2, 0.25) is 0 Å². The molecule has 8 saturated carbocycles. The first-order chi connectivity index (χ1) is 16.1. The van der Waals surface area contributed by atoms with Crippen LogP contribution in [0.3, 0.4) is 0 Å². The van der Waals surface area contributed by atoms with Crippen LogP contribution in [0.15, 0.2) is 46.9 Å². The van der Waals surface area contributed by atoms with Crippen LogP contribution < -0.4 is 0 Å². The molecule has 0 nitrogen and oxygen atoms in total. The van der Waals surface area contributed by atoms with Crippen LogP contribution in [0.2, 0.25) is 0 Å². The highest BCUT2D eigenvalue weighted by molar-refractivity contribution is 9.10. The molecule has 8 bridgehead atoms. The second-order valence-corrected chi connectivity index (χ2v) is 14.5. The average molecular weight is 502 g/mol. The summed E-state index contributed by atoms with van der Waals surface area (Å²) in [4.78, 5) is 0. The first-order valence-electron chi connectivity index (χ1n) is 14.0. The predicted octanol–water partition coefficient (Wildman–Crippen LogP) is 9.05. The number of benzene rings is 2. The Morgan fingerprint density at radius 1 is 0.515 bits per heavy atom. The highest BCUT2D eigenvalue weighted by Crippen LogP contribution is 2.62. The van der Waals surface area contributed by atoms with Crippen LogP contribution >= 0.6 is 15.9 Å². The van der Waals surface area contributed by atoms with Crippen molar-refractivity contribution in [2.75, 3.05) is 0 Å². The van der Waals surface area contributed by atoms with Crippen molar-refractivity contribution in [2.24, 2.45) is 35.5 Å². The lowest BCUT2D eigenvalue weighted by molar-refractivity contribution is -0.00533. The average Bonchev–Trinajstić information content (AvgIpc) is 2.77. The van der Waals surface area contributed by atoms with Crippen LogP contribution in [0.1, 0.15) is 88.2 Å². The van der Waals surface area contributed by atoms with E-state index < -0.39 is 0 Å². The van der Waals surface area contributed by atoms with Gasteiger partial charge in [-0.1, -0.05) is 52.3 Å². The second kappa shape index (κ2) is 6.99. The summed E-state index contributed by atoms with van der Waals surface area (Å²) < 4.78 is 1.30. The summed E-state index contributed by atoms with van der Waals surface area (Å²) in [7, 11) is 0. The maximum absolute atomic E-state index is 4.01. The van der Waals surface area contributed by atoms with Crippen molar-refractivity contribution >= 4 is 15.9 Å². The van der Waals surface area contributed by atoms with E-state index in [0.717, 1.165) is 35.5 Å². The van der Waals surface area contributed by atoms with Gasteiger partial charge in [-0.3, -0.25) is 0 Å². The van der Waals surface area contributed by atoms with E-state index in [4.69, 9.17) is 0 Å². The first-order valence-corrected chi connectivity index (χ1v) is 14.8. The molecular formula is C32H37Br. The third kappa shape index (κ3) is 3.06. The molecule has 0 aromatic heterocycles. The Kier molecular flexibility index (Phi) is 4.27. The fourth-order valence-electron chi connectivity index (χ4n) is 11.0. The van der Waals surface area contributed by atoms with Gasteiger partial charge in [-0.05, 0) is 152 Å². The smallest absolute Gasteiger partial charge is 0.0256 e. The lowest BCUT2D eigenvalue weighted by Gasteiger charge is -2.57. The van der Waals surface area contributed by atoms with E-state index in [1.165, 1.54) is 92.6 Å². The SMILES string of the molecule is Brc1cc(C23CC4CC(CC(C4)C2)C3)ccc1-c1ccc(C23CC4CC(CC(C4)C2)C3)cc1. The van der Waals surface area contributed by atoms with Gasteiger partial charge in [0.15, 0.2) is 0 Å². The van der Waals surface area contributed by atoms with Crippen LogP contribution in [0.4, 0.5) is 0 Å². The van der Waals surface area contributed by atoms with Crippen LogP contribution in [0.25, 0.3) is 11.1 Å². The molecule has 33 heavy (non-hydrogen) atoms. The molecule has 0 N–H and O–H groups in total. The van der Waals surface area contributed by atoms with Crippen LogP contribution in [-0.2, 0) is 10.8 Å². The Morgan fingerprint density at radius 2 is 0.909 bits per heavy atom. The molecule has 2 aromatic rings. The number of hydrogen-bond acceptors (Lipinski definition) is 0. The summed E-state index contributed by atoms with van der Waals surface area (Å²) in [6.07, 6.45) is 17.9. The molecule has 10 rings (SSSR count). The Morgan fingerprint density at radius 3 is 1.33 bits per heavy atom. The summed E-state index contributed by atoms with van der Waals surface area (Å²) in [6.45, 7) is 0. The normalized spacial score (nSPS) is 44.5. The van der Waals surface area contributed by atoms with Gasteiger partial charge >= 0.3 is 0 Å². The predicted molar refractivity (Wildman–Crippen MR) is 139 cm³/mol. The van der Waals surface area contributed by atoms with Crippen LogP contribution in [0.5, 0.6) is 0 Å². The van der Waals surface area contributed by atoms with Crippen molar-refractivity contribution in [1.29, 1.82) is 0 Å². The molecule has 0 spiro atoms. The third-order valence-corrected chi connectivity index (χ3v) is 12.1. The molecule has 172 valence electrons. The molecule has 0 radical (unpaired) electrons. The van der Waals surface area contributed by atoms with E-state index in [0.29, 0.717) is 10.8 Å². The molecule has 2 aromatic carbocycles. The zero-order chi connectivity index (χ0) is 21.8. The Hall–Kier alpha value is -1.08. The van der Waals surface area contributed by atoms with Crippen molar-refractivity contribution in [3.63, 3.8) is 0 Å². The van der Waals surface area contributed by atoms with Gasteiger partial charge in [-0.2, -0.15) is 0 Å². The minimum absolute atomic E-state index is 0.484. The summed E-state index contributed by atoms with van der Waals surface area (Å²) in [5, 5.41) is 0. The molecule has 0 atom stereocenters. The Bertz CT molecular complexity index is 1020. The second-order valence-electron chi connectivity index (χ2n) is 13.7. The minimum Gasteiger partial charge on any atom is -0.0579 e. The highest BCUT2D eigenvalue weighted by Gasteiger charge is 2.52. The standard InChI is InChI=1S/C32H37Br/c33-30-13-28(32-17-23-10-24(18-32)12-25(11-23)19-32)5-6-29(30)26-1-3-27(4-2-26)31-14-20-7-21(15-31)9-22(8-20)16-31/h1-6,13,20-25H,7-12,14-19H2. The molecule has 0 unspecified atom stereocenters. The highest BCUT2D eigenvalue weighted by atomic mass is 79.9. The van der Waals surface area contributed by atoms with Gasteiger partial charge in [-0.25, -0.2) is 0 Å². The van der Waals surface area contributed by atoms with Gasteiger partial charge in [0.05, 0.1) is 0 Å². The summed E-state index contributed by atoms with van der Waals surface area (Å²) >= 11 is 4.01. The largest absolute Gasteiger partial charge is 0.0579 e. The third-order valence-electron chi connectivity index (χ3n) is 11.5. The van der Waals surface area contributed by atoms with E-state index in [-0.39, 0.29) is 0 Å². The summed E-state index contributed by atoms with van der Waals surface area (Å²) in [5.74, 6) is 6.07. The lowest BCUT2D eigenvalue weighted by Crippen LogP contribution is -2.48. The quantitative estimate of drug-likeness (QED) is 0.394. The maximum atomic E-state index is 4.01.